The molecule has 0 radical (unpaired) electrons. The molecule has 0 aliphatic carbocycles. The van der Waals surface area contributed by atoms with E-state index in [1.165, 1.54) is 70.8 Å². The summed E-state index contributed by atoms with van der Waals surface area (Å²) >= 11 is 0. The normalized spacial score (nSPS) is 13.6. The average molecular weight is 473 g/mol. The minimum Gasteiger partial charge on any atom is -0.427 e. The van der Waals surface area contributed by atoms with Crippen molar-refractivity contribution in [3.05, 3.63) is 35.4 Å². The highest BCUT2D eigenvalue weighted by atomic mass is 16.5. The van der Waals surface area contributed by atoms with E-state index in [4.69, 9.17) is 9.47 Å². The number of ether oxygens (including phenoxy) is 2. The van der Waals surface area contributed by atoms with Crippen LogP contribution in [0.15, 0.2) is 29.8 Å². The predicted molar refractivity (Wildman–Crippen MR) is 141 cm³/mol. The van der Waals surface area contributed by atoms with Crippen LogP contribution in [0.2, 0.25) is 0 Å². The Hall–Kier alpha value is -2.10. The molecule has 4 heteroatoms. The van der Waals surface area contributed by atoms with E-state index >= 15 is 0 Å². The molecule has 0 aromatic heterocycles. The molecule has 2 atom stereocenters. The smallest absolute Gasteiger partial charge is 0.308 e. The van der Waals surface area contributed by atoms with Crippen LogP contribution < -0.4 is 9.47 Å². The first-order valence-electron chi connectivity index (χ1n) is 13.2. The third kappa shape index (κ3) is 14.2. The van der Waals surface area contributed by atoms with Crippen molar-refractivity contribution in [2.24, 2.45) is 17.8 Å². The monoisotopic (exact) mass is 472 g/mol. The van der Waals surface area contributed by atoms with Gasteiger partial charge in [0.05, 0.1) is 0 Å². The van der Waals surface area contributed by atoms with E-state index in [1.54, 1.807) is 18.2 Å². The molecule has 1 aromatic rings. The van der Waals surface area contributed by atoms with Gasteiger partial charge in [0.1, 0.15) is 11.5 Å². The number of carbonyl (C=O) groups is 2. The Bertz CT molecular complexity index is 778. The first kappa shape index (κ1) is 29.9. The van der Waals surface area contributed by atoms with Gasteiger partial charge < -0.3 is 9.47 Å². The molecule has 0 spiro atoms. The molecule has 192 valence electrons. The number of rotatable bonds is 16. The van der Waals surface area contributed by atoms with E-state index in [2.05, 4.69) is 40.7 Å². The third-order valence-corrected chi connectivity index (χ3v) is 6.36. The van der Waals surface area contributed by atoms with E-state index in [-0.39, 0.29) is 11.9 Å². The lowest BCUT2D eigenvalue weighted by Crippen LogP contribution is -2.06. The summed E-state index contributed by atoms with van der Waals surface area (Å²) in [4.78, 5) is 22.7. The van der Waals surface area contributed by atoms with Gasteiger partial charge in [-0.05, 0) is 62.1 Å². The van der Waals surface area contributed by atoms with Crippen LogP contribution in [0.5, 0.6) is 11.5 Å². The van der Waals surface area contributed by atoms with Gasteiger partial charge in [-0.25, -0.2) is 0 Å². The second kappa shape index (κ2) is 16.5. The standard InChI is InChI=1S/C30H48O4/c1-22(2)11-8-12-23(3)13-9-14-24(4)15-10-16-25(5)17-18-28-21-29(33-26(6)31)19-20-30(28)34-27(7)32/h17,19-24H,8-16,18H2,1-7H3/b25-17+/t23-,24-/m1/s1. The van der Waals surface area contributed by atoms with Crippen LogP contribution in [0.1, 0.15) is 112 Å². The number of hydrogen-bond acceptors (Lipinski definition) is 4. The lowest BCUT2D eigenvalue weighted by atomic mass is 9.91. The van der Waals surface area contributed by atoms with Gasteiger partial charge in [0, 0.05) is 19.4 Å². The molecule has 0 heterocycles. The van der Waals surface area contributed by atoms with E-state index in [0.29, 0.717) is 17.9 Å². The zero-order valence-corrected chi connectivity index (χ0v) is 22.7. The molecule has 4 nitrogen and oxygen atoms in total. The predicted octanol–water partition coefficient (Wildman–Crippen LogP) is 8.47. The van der Waals surface area contributed by atoms with Crippen LogP contribution >= 0.6 is 0 Å². The van der Waals surface area contributed by atoms with E-state index in [0.717, 1.165) is 29.7 Å². The Balaban J connectivity index is 2.43. The van der Waals surface area contributed by atoms with Gasteiger partial charge in [-0.2, -0.15) is 0 Å². The average Bonchev–Trinajstić information content (AvgIpc) is 2.72. The van der Waals surface area contributed by atoms with Gasteiger partial charge in [0.2, 0.25) is 0 Å². The Morgan fingerprint density at radius 1 is 0.794 bits per heavy atom. The molecule has 1 rings (SSSR count). The molecule has 0 saturated carbocycles. The molecule has 0 N–H and O–H groups in total. The highest BCUT2D eigenvalue weighted by molar-refractivity contribution is 5.71. The van der Waals surface area contributed by atoms with Gasteiger partial charge in [0.25, 0.3) is 0 Å². The van der Waals surface area contributed by atoms with Crippen molar-refractivity contribution in [1.82, 2.24) is 0 Å². The molecule has 0 aliphatic rings. The Morgan fingerprint density at radius 3 is 1.91 bits per heavy atom. The van der Waals surface area contributed by atoms with E-state index in [1.807, 2.05) is 0 Å². The molecule has 0 saturated heterocycles. The number of benzene rings is 1. The molecule has 0 bridgehead atoms. The van der Waals surface area contributed by atoms with Crippen molar-refractivity contribution in [2.45, 2.75) is 113 Å². The van der Waals surface area contributed by atoms with Gasteiger partial charge >= 0.3 is 11.9 Å². The maximum absolute atomic E-state index is 11.4. The molecule has 1 aromatic carbocycles. The third-order valence-electron chi connectivity index (χ3n) is 6.36. The SMILES string of the molecule is CC(=O)Oc1ccc(OC(C)=O)c(C/C=C(\C)CCC[C@H](C)CCC[C@H](C)CCCC(C)C)c1. The molecule has 34 heavy (non-hydrogen) atoms. The Morgan fingerprint density at radius 2 is 1.35 bits per heavy atom. The van der Waals surface area contributed by atoms with Crippen LogP contribution in [0, 0.1) is 17.8 Å². The summed E-state index contributed by atoms with van der Waals surface area (Å²) in [5.41, 5.74) is 2.17. The minimum atomic E-state index is -0.368. The van der Waals surface area contributed by atoms with Crippen molar-refractivity contribution >= 4 is 11.9 Å². The molecular weight excluding hydrogens is 424 g/mol. The lowest BCUT2D eigenvalue weighted by Gasteiger charge is -2.15. The maximum Gasteiger partial charge on any atom is 0.308 e. The van der Waals surface area contributed by atoms with Crippen LogP contribution in [-0.4, -0.2) is 11.9 Å². The molecule has 0 aliphatic heterocycles. The van der Waals surface area contributed by atoms with Crippen LogP contribution in [0.3, 0.4) is 0 Å². The van der Waals surface area contributed by atoms with Crippen LogP contribution in [0.25, 0.3) is 0 Å². The van der Waals surface area contributed by atoms with Crippen LogP contribution in [0.4, 0.5) is 0 Å². The quantitative estimate of drug-likeness (QED) is 0.137. The highest BCUT2D eigenvalue weighted by Crippen LogP contribution is 2.27. The molecule has 0 amide bonds. The van der Waals surface area contributed by atoms with Gasteiger partial charge in [-0.1, -0.05) is 84.3 Å². The summed E-state index contributed by atoms with van der Waals surface area (Å²) in [6.45, 7) is 14.3. The fraction of sp³-hybridized carbons (Fsp3) is 0.667. The topological polar surface area (TPSA) is 52.6 Å². The Kier molecular flexibility index (Phi) is 14.5. The first-order valence-corrected chi connectivity index (χ1v) is 13.2. The van der Waals surface area contributed by atoms with Crippen molar-refractivity contribution in [3.8, 4) is 11.5 Å². The van der Waals surface area contributed by atoms with E-state index in [9.17, 15) is 9.59 Å². The summed E-state index contributed by atoms with van der Waals surface area (Å²) in [6.07, 6.45) is 14.5. The summed E-state index contributed by atoms with van der Waals surface area (Å²) in [7, 11) is 0. The number of allylic oxidation sites excluding steroid dienone is 2. The van der Waals surface area contributed by atoms with Crippen LogP contribution in [-0.2, 0) is 16.0 Å². The zero-order chi connectivity index (χ0) is 25.5. The number of carbonyl (C=O) groups excluding carboxylic acids is 2. The Labute approximate surface area is 208 Å². The van der Waals surface area contributed by atoms with Crippen molar-refractivity contribution in [1.29, 1.82) is 0 Å². The van der Waals surface area contributed by atoms with Gasteiger partial charge in [-0.3, -0.25) is 9.59 Å². The molecule has 0 fully saturated rings. The largest absolute Gasteiger partial charge is 0.427 e. The summed E-state index contributed by atoms with van der Waals surface area (Å²) in [5, 5.41) is 0. The van der Waals surface area contributed by atoms with Crippen molar-refractivity contribution in [2.75, 3.05) is 0 Å². The van der Waals surface area contributed by atoms with Crippen molar-refractivity contribution < 1.29 is 19.1 Å². The van der Waals surface area contributed by atoms with E-state index < -0.39 is 0 Å². The minimum absolute atomic E-state index is 0.360. The fourth-order valence-electron chi connectivity index (χ4n) is 4.29. The summed E-state index contributed by atoms with van der Waals surface area (Å²) in [6, 6.07) is 5.11. The number of esters is 2. The zero-order valence-electron chi connectivity index (χ0n) is 22.7. The summed E-state index contributed by atoms with van der Waals surface area (Å²) in [5.74, 6) is 2.70. The maximum atomic E-state index is 11.4. The second-order valence-electron chi connectivity index (χ2n) is 10.6. The second-order valence-corrected chi connectivity index (χ2v) is 10.6. The number of hydrogen-bond donors (Lipinski definition) is 0. The van der Waals surface area contributed by atoms with Gasteiger partial charge in [0.15, 0.2) is 0 Å². The first-order chi connectivity index (χ1) is 16.1. The highest BCUT2D eigenvalue weighted by Gasteiger charge is 2.10. The lowest BCUT2D eigenvalue weighted by molar-refractivity contribution is -0.133. The molecular formula is C30H48O4. The van der Waals surface area contributed by atoms with Crippen molar-refractivity contribution in [3.63, 3.8) is 0 Å². The fourth-order valence-corrected chi connectivity index (χ4v) is 4.29. The van der Waals surface area contributed by atoms with Gasteiger partial charge in [-0.15, -0.1) is 0 Å². The summed E-state index contributed by atoms with van der Waals surface area (Å²) < 4.78 is 10.5. The molecule has 0 unspecified atom stereocenters.